The van der Waals surface area contributed by atoms with Crippen LogP contribution in [0.25, 0.3) is 0 Å². The monoisotopic (exact) mass is 210 g/mol. The van der Waals surface area contributed by atoms with E-state index in [2.05, 4.69) is 60.7 Å². The fraction of sp³-hybridized carbons (Fsp3) is 0.143. The first-order valence-corrected chi connectivity index (χ1v) is 7.24. The largest absolute Gasteiger partial charge is 0.0622 e. The molecule has 0 amide bonds. The molecule has 1 aliphatic heterocycles. The highest BCUT2D eigenvalue weighted by Crippen LogP contribution is 2.46. The molecule has 0 radical (unpaired) electrons. The van der Waals surface area contributed by atoms with Crippen molar-refractivity contribution < 1.29 is 0 Å². The maximum absolute atomic E-state index is 2.28. The standard InChI is InChI=1S/C14H14Si/c1-3-7-12(8-4-1)14(11-15-14)13-9-5-2-6-10-13/h1-10H,11,15H2. The van der Waals surface area contributed by atoms with Gasteiger partial charge in [0, 0.05) is 14.6 Å². The molecule has 0 aliphatic carbocycles. The maximum atomic E-state index is 2.28. The molecule has 0 N–H and O–H groups in total. The van der Waals surface area contributed by atoms with Gasteiger partial charge in [-0.15, -0.1) is 0 Å². The molecule has 1 heterocycles. The van der Waals surface area contributed by atoms with Gasteiger partial charge in [-0.2, -0.15) is 0 Å². The zero-order valence-corrected chi connectivity index (χ0v) is 10.1. The number of rotatable bonds is 2. The third-order valence-corrected chi connectivity index (χ3v) is 5.72. The molecular formula is C14H14Si. The molecule has 0 spiro atoms. The zero-order valence-electron chi connectivity index (χ0n) is 8.69. The summed E-state index contributed by atoms with van der Waals surface area (Å²) >= 11 is 0. The van der Waals surface area contributed by atoms with E-state index in [0.29, 0.717) is 5.04 Å². The van der Waals surface area contributed by atoms with Crippen LogP contribution in [-0.4, -0.2) is 9.52 Å². The third-order valence-electron chi connectivity index (χ3n) is 3.40. The Hall–Kier alpha value is -1.34. The molecule has 0 unspecified atom stereocenters. The maximum Gasteiger partial charge on any atom is 0.0387 e. The minimum atomic E-state index is 0.0773. The zero-order chi connectivity index (χ0) is 10.1. The molecule has 0 atom stereocenters. The Morgan fingerprint density at radius 2 is 1.13 bits per heavy atom. The van der Waals surface area contributed by atoms with E-state index in [-0.39, 0.29) is 9.52 Å². The van der Waals surface area contributed by atoms with E-state index in [0.717, 1.165) is 0 Å². The molecule has 0 nitrogen and oxygen atoms in total. The molecule has 2 aromatic rings. The Morgan fingerprint density at radius 1 is 0.733 bits per heavy atom. The summed E-state index contributed by atoms with van der Waals surface area (Å²) in [5, 5.41) is 0.475. The summed E-state index contributed by atoms with van der Waals surface area (Å²) in [5.41, 5.74) is 3.06. The van der Waals surface area contributed by atoms with Crippen LogP contribution in [0.4, 0.5) is 0 Å². The molecule has 74 valence electrons. The number of hydrogen-bond acceptors (Lipinski definition) is 0. The van der Waals surface area contributed by atoms with Crippen LogP contribution in [-0.2, 0) is 5.04 Å². The average Bonchev–Trinajstić information content (AvgIpc) is 3.13. The van der Waals surface area contributed by atoms with Crippen LogP contribution in [0.15, 0.2) is 60.7 Å². The summed E-state index contributed by atoms with van der Waals surface area (Å²) in [5.74, 6) is 0. The molecule has 0 saturated carbocycles. The van der Waals surface area contributed by atoms with Gasteiger partial charge >= 0.3 is 0 Å². The molecule has 0 aromatic heterocycles. The smallest absolute Gasteiger partial charge is 0.0387 e. The second-order valence-electron chi connectivity index (χ2n) is 4.31. The summed E-state index contributed by atoms with van der Waals surface area (Å²) < 4.78 is 0. The lowest BCUT2D eigenvalue weighted by Gasteiger charge is -2.16. The summed E-state index contributed by atoms with van der Waals surface area (Å²) in [6.45, 7) is 0. The third kappa shape index (κ3) is 1.43. The van der Waals surface area contributed by atoms with Gasteiger partial charge in [-0.25, -0.2) is 0 Å². The predicted molar refractivity (Wildman–Crippen MR) is 67.0 cm³/mol. The van der Waals surface area contributed by atoms with Gasteiger partial charge in [0.15, 0.2) is 0 Å². The summed E-state index contributed by atoms with van der Waals surface area (Å²) in [6.07, 6.45) is 0. The van der Waals surface area contributed by atoms with Gasteiger partial charge in [0.05, 0.1) is 0 Å². The Kier molecular flexibility index (Phi) is 1.99. The highest BCUT2D eigenvalue weighted by atomic mass is 28.2. The minimum absolute atomic E-state index is 0.0773. The van der Waals surface area contributed by atoms with E-state index in [1.54, 1.807) is 0 Å². The van der Waals surface area contributed by atoms with Crippen molar-refractivity contribution in [1.82, 2.24) is 0 Å². The fourth-order valence-corrected chi connectivity index (χ4v) is 4.26. The van der Waals surface area contributed by atoms with Gasteiger partial charge in [0.25, 0.3) is 0 Å². The first-order valence-electron chi connectivity index (χ1n) is 5.53. The van der Waals surface area contributed by atoms with E-state index >= 15 is 0 Å². The molecule has 1 fully saturated rings. The fourth-order valence-electron chi connectivity index (χ4n) is 2.38. The van der Waals surface area contributed by atoms with Crippen molar-refractivity contribution in [2.75, 3.05) is 0 Å². The SMILES string of the molecule is c1ccc(C2(c3ccccc3)C[SiH2]2)cc1. The second-order valence-corrected chi connectivity index (χ2v) is 6.52. The van der Waals surface area contributed by atoms with Crippen molar-refractivity contribution in [1.29, 1.82) is 0 Å². The minimum Gasteiger partial charge on any atom is -0.0622 e. The van der Waals surface area contributed by atoms with Crippen molar-refractivity contribution in [3.8, 4) is 0 Å². The average molecular weight is 210 g/mol. The van der Waals surface area contributed by atoms with Crippen molar-refractivity contribution in [3.05, 3.63) is 71.8 Å². The number of hydrogen-bond donors (Lipinski definition) is 0. The van der Waals surface area contributed by atoms with Crippen molar-refractivity contribution in [2.24, 2.45) is 0 Å². The topological polar surface area (TPSA) is 0 Å². The van der Waals surface area contributed by atoms with Crippen LogP contribution in [0.1, 0.15) is 11.1 Å². The summed E-state index contributed by atoms with van der Waals surface area (Å²) in [4.78, 5) is 0. The van der Waals surface area contributed by atoms with Gasteiger partial charge in [-0.1, -0.05) is 66.7 Å². The van der Waals surface area contributed by atoms with Gasteiger partial charge in [0.1, 0.15) is 0 Å². The van der Waals surface area contributed by atoms with Gasteiger partial charge < -0.3 is 0 Å². The molecule has 15 heavy (non-hydrogen) atoms. The van der Waals surface area contributed by atoms with Crippen molar-refractivity contribution >= 4 is 9.52 Å². The number of benzene rings is 2. The van der Waals surface area contributed by atoms with Crippen LogP contribution < -0.4 is 0 Å². The van der Waals surface area contributed by atoms with Crippen LogP contribution >= 0.6 is 0 Å². The summed E-state index contributed by atoms with van der Waals surface area (Å²) in [7, 11) is 0.0773. The molecule has 0 bridgehead atoms. The molecule has 1 aliphatic rings. The Morgan fingerprint density at radius 3 is 1.47 bits per heavy atom. The lowest BCUT2D eigenvalue weighted by atomic mass is 9.93. The predicted octanol–water partition coefficient (Wildman–Crippen LogP) is 2.53. The van der Waals surface area contributed by atoms with E-state index < -0.39 is 0 Å². The quantitative estimate of drug-likeness (QED) is 0.668. The molecule has 3 rings (SSSR count). The Balaban J connectivity index is 2.06. The van der Waals surface area contributed by atoms with Crippen molar-refractivity contribution in [2.45, 2.75) is 11.1 Å². The van der Waals surface area contributed by atoms with E-state index in [9.17, 15) is 0 Å². The van der Waals surface area contributed by atoms with Crippen LogP contribution in [0.5, 0.6) is 0 Å². The molecular weight excluding hydrogens is 196 g/mol. The molecule has 1 saturated heterocycles. The second kappa shape index (κ2) is 3.35. The summed E-state index contributed by atoms with van der Waals surface area (Å²) in [6, 6.07) is 23.4. The first kappa shape index (κ1) is 8.92. The van der Waals surface area contributed by atoms with Crippen LogP contribution in [0.2, 0.25) is 6.04 Å². The van der Waals surface area contributed by atoms with Gasteiger partial charge in [0.2, 0.25) is 0 Å². The first-order chi connectivity index (χ1) is 7.42. The molecule has 2 aromatic carbocycles. The van der Waals surface area contributed by atoms with Gasteiger partial charge in [-0.3, -0.25) is 0 Å². The normalized spacial score (nSPS) is 18.9. The van der Waals surface area contributed by atoms with Crippen LogP contribution in [0, 0.1) is 0 Å². The molecule has 1 heteroatoms. The van der Waals surface area contributed by atoms with E-state index in [1.807, 2.05) is 0 Å². The lowest BCUT2D eigenvalue weighted by Crippen LogP contribution is -2.10. The Bertz CT molecular complexity index is 402. The van der Waals surface area contributed by atoms with Gasteiger partial charge in [-0.05, 0) is 11.1 Å². The highest BCUT2D eigenvalue weighted by molar-refractivity contribution is 6.55. The van der Waals surface area contributed by atoms with E-state index in [1.165, 1.54) is 17.2 Å². The van der Waals surface area contributed by atoms with E-state index in [4.69, 9.17) is 0 Å². The highest BCUT2D eigenvalue weighted by Gasteiger charge is 2.45. The van der Waals surface area contributed by atoms with Crippen LogP contribution in [0.3, 0.4) is 0 Å². The Labute approximate surface area is 92.8 Å². The van der Waals surface area contributed by atoms with Crippen molar-refractivity contribution in [3.63, 3.8) is 0 Å². The lowest BCUT2D eigenvalue weighted by molar-refractivity contribution is 0.931.